The van der Waals surface area contributed by atoms with Crippen LogP contribution < -0.4 is 5.32 Å². The molecule has 0 radical (unpaired) electrons. The molecule has 1 saturated heterocycles. The Hall–Kier alpha value is -1.16. The van der Waals surface area contributed by atoms with E-state index in [9.17, 15) is 4.79 Å². The summed E-state index contributed by atoms with van der Waals surface area (Å²) in [6.45, 7) is 4.93. The molecule has 1 atom stereocenters. The zero-order valence-electron chi connectivity index (χ0n) is 10.3. The van der Waals surface area contributed by atoms with Gasteiger partial charge in [-0.1, -0.05) is 0 Å². The van der Waals surface area contributed by atoms with Crippen LogP contribution in [0.3, 0.4) is 0 Å². The molecule has 1 aliphatic heterocycles. The number of piperidine rings is 1. The van der Waals surface area contributed by atoms with Gasteiger partial charge in [-0.25, -0.2) is 0 Å². The number of hydrogen-bond acceptors (Lipinski definition) is 3. The zero-order valence-corrected chi connectivity index (χ0v) is 10.3. The molecular weight excluding hydrogens is 214 g/mol. The van der Waals surface area contributed by atoms with Gasteiger partial charge in [0.25, 0.3) is 0 Å². The molecule has 0 aromatic carbocycles. The maximum Gasteiger partial charge on any atom is 0.184 e. The number of rotatable bonds is 3. The van der Waals surface area contributed by atoms with Crippen LogP contribution in [-0.4, -0.2) is 28.7 Å². The Kier molecular flexibility index (Phi) is 2.54. The minimum absolute atomic E-state index is 0.256. The quantitative estimate of drug-likeness (QED) is 0.804. The molecule has 0 bridgehead atoms. The van der Waals surface area contributed by atoms with Crippen LogP contribution in [-0.2, 0) is 6.54 Å². The van der Waals surface area contributed by atoms with E-state index in [0.717, 1.165) is 44.6 Å². The molecule has 1 unspecified atom stereocenters. The van der Waals surface area contributed by atoms with Gasteiger partial charge in [-0.05, 0) is 50.8 Å². The number of Topliss-reactive ketones (excluding diaryl/α,β-unsaturated/α-hetero) is 1. The molecular formula is C13H19N3O. The van der Waals surface area contributed by atoms with Crippen molar-refractivity contribution in [3.8, 4) is 0 Å². The lowest BCUT2D eigenvalue weighted by molar-refractivity contribution is 0.0930. The normalized spacial score (nSPS) is 26.1. The summed E-state index contributed by atoms with van der Waals surface area (Å²) in [5.74, 6) is 0.567. The Morgan fingerprint density at radius 2 is 2.35 bits per heavy atom. The van der Waals surface area contributed by atoms with Crippen LogP contribution in [0.15, 0.2) is 12.3 Å². The van der Waals surface area contributed by atoms with Crippen molar-refractivity contribution in [3.05, 3.63) is 18.0 Å². The number of aryl methyl sites for hydroxylation is 1. The average Bonchev–Trinajstić information content (AvgIpc) is 2.86. The van der Waals surface area contributed by atoms with E-state index in [0.29, 0.717) is 11.2 Å². The van der Waals surface area contributed by atoms with Gasteiger partial charge in [0.1, 0.15) is 5.69 Å². The summed E-state index contributed by atoms with van der Waals surface area (Å²) < 4.78 is 1.81. The molecule has 3 rings (SSSR count). The van der Waals surface area contributed by atoms with Gasteiger partial charge in [0.15, 0.2) is 5.78 Å². The molecule has 1 spiro atoms. The largest absolute Gasteiger partial charge is 0.317 e. The van der Waals surface area contributed by atoms with E-state index in [1.54, 1.807) is 6.20 Å². The Morgan fingerprint density at radius 1 is 1.59 bits per heavy atom. The lowest BCUT2D eigenvalue weighted by Crippen LogP contribution is -2.31. The summed E-state index contributed by atoms with van der Waals surface area (Å²) in [6.07, 6.45) is 5.13. The van der Waals surface area contributed by atoms with E-state index in [2.05, 4.69) is 10.4 Å². The van der Waals surface area contributed by atoms with Crippen molar-refractivity contribution >= 4 is 5.78 Å². The third kappa shape index (κ3) is 1.71. The molecule has 1 aromatic heterocycles. The molecule has 2 aliphatic rings. The second-order valence-electron chi connectivity index (χ2n) is 5.27. The molecule has 0 amide bonds. The highest BCUT2D eigenvalue weighted by Gasteiger charge is 2.57. The molecule has 17 heavy (non-hydrogen) atoms. The highest BCUT2D eigenvalue weighted by Crippen LogP contribution is 2.59. The third-order valence-corrected chi connectivity index (χ3v) is 4.37. The molecule has 1 saturated carbocycles. The number of aromatic nitrogens is 2. The van der Waals surface area contributed by atoms with Crippen molar-refractivity contribution in [3.63, 3.8) is 0 Å². The SMILES string of the molecule is CCn1nccc1C(=O)C1CC12CCNCC2. The predicted octanol–water partition coefficient (Wildman–Crippen LogP) is 1.48. The van der Waals surface area contributed by atoms with E-state index in [1.807, 2.05) is 17.7 Å². The second-order valence-corrected chi connectivity index (χ2v) is 5.27. The van der Waals surface area contributed by atoms with Crippen LogP contribution in [0.2, 0.25) is 0 Å². The second kappa shape index (κ2) is 3.95. The van der Waals surface area contributed by atoms with Crippen molar-refractivity contribution in [2.45, 2.75) is 32.7 Å². The molecule has 1 N–H and O–H groups in total. The van der Waals surface area contributed by atoms with Crippen molar-refractivity contribution in [2.24, 2.45) is 11.3 Å². The zero-order chi connectivity index (χ0) is 11.9. The predicted molar refractivity (Wildman–Crippen MR) is 64.9 cm³/mol. The fraction of sp³-hybridized carbons (Fsp3) is 0.692. The van der Waals surface area contributed by atoms with Crippen molar-refractivity contribution in [1.82, 2.24) is 15.1 Å². The molecule has 4 nitrogen and oxygen atoms in total. The molecule has 92 valence electrons. The molecule has 1 aliphatic carbocycles. The number of carbonyl (C=O) groups excluding carboxylic acids is 1. The van der Waals surface area contributed by atoms with Gasteiger partial charge in [-0.3, -0.25) is 9.48 Å². The van der Waals surface area contributed by atoms with Gasteiger partial charge >= 0.3 is 0 Å². The first kappa shape index (κ1) is 11.0. The smallest absolute Gasteiger partial charge is 0.184 e. The maximum atomic E-state index is 12.4. The molecule has 4 heteroatoms. The molecule has 2 fully saturated rings. The van der Waals surface area contributed by atoms with Crippen LogP contribution in [0, 0.1) is 11.3 Å². The third-order valence-electron chi connectivity index (χ3n) is 4.37. The summed E-state index contributed by atoms with van der Waals surface area (Å²) in [5.41, 5.74) is 1.12. The van der Waals surface area contributed by atoms with Crippen LogP contribution >= 0.6 is 0 Å². The number of carbonyl (C=O) groups is 1. The van der Waals surface area contributed by atoms with E-state index < -0.39 is 0 Å². The molecule has 2 heterocycles. The Labute approximate surface area is 101 Å². The Balaban J connectivity index is 1.76. The maximum absolute atomic E-state index is 12.4. The Morgan fingerprint density at radius 3 is 3.06 bits per heavy atom. The molecule has 1 aromatic rings. The van der Waals surface area contributed by atoms with Crippen LogP contribution in [0.4, 0.5) is 0 Å². The minimum atomic E-state index is 0.256. The van der Waals surface area contributed by atoms with E-state index in [4.69, 9.17) is 0 Å². The summed E-state index contributed by atoms with van der Waals surface area (Å²) in [4.78, 5) is 12.4. The minimum Gasteiger partial charge on any atom is -0.317 e. The number of ketones is 1. The van der Waals surface area contributed by atoms with Gasteiger partial charge < -0.3 is 5.32 Å². The van der Waals surface area contributed by atoms with Gasteiger partial charge in [-0.2, -0.15) is 5.10 Å². The van der Waals surface area contributed by atoms with Crippen molar-refractivity contribution in [1.29, 1.82) is 0 Å². The number of nitrogens with one attached hydrogen (secondary N) is 1. The highest BCUT2D eigenvalue weighted by molar-refractivity contribution is 5.98. The number of hydrogen-bond donors (Lipinski definition) is 1. The highest BCUT2D eigenvalue weighted by atomic mass is 16.1. The summed E-state index contributed by atoms with van der Waals surface area (Å²) in [6, 6.07) is 1.86. The standard InChI is InChI=1S/C13H19N3O/c1-2-16-11(3-6-15-16)12(17)10-9-13(10)4-7-14-8-5-13/h3,6,10,14H,2,4-5,7-9H2,1H3. The van der Waals surface area contributed by atoms with E-state index in [-0.39, 0.29) is 5.92 Å². The Bertz CT molecular complexity index is 432. The summed E-state index contributed by atoms with van der Waals surface area (Å²) in [5, 5.41) is 7.55. The van der Waals surface area contributed by atoms with Gasteiger partial charge in [0, 0.05) is 18.7 Å². The first-order chi connectivity index (χ1) is 8.27. The fourth-order valence-corrected chi connectivity index (χ4v) is 3.17. The fourth-order valence-electron chi connectivity index (χ4n) is 3.17. The summed E-state index contributed by atoms with van der Waals surface area (Å²) >= 11 is 0. The van der Waals surface area contributed by atoms with Gasteiger partial charge in [-0.15, -0.1) is 0 Å². The van der Waals surface area contributed by atoms with E-state index >= 15 is 0 Å². The van der Waals surface area contributed by atoms with Crippen LogP contribution in [0.5, 0.6) is 0 Å². The number of nitrogens with zero attached hydrogens (tertiary/aromatic N) is 2. The van der Waals surface area contributed by atoms with E-state index in [1.165, 1.54) is 0 Å². The van der Waals surface area contributed by atoms with Crippen LogP contribution in [0.25, 0.3) is 0 Å². The van der Waals surface area contributed by atoms with Crippen molar-refractivity contribution in [2.75, 3.05) is 13.1 Å². The van der Waals surface area contributed by atoms with Crippen molar-refractivity contribution < 1.29 is 4.79 Å². The lowest BCUT2D eigenvalue weighted by Gasteiger charge is -2.23. The monoisotopic (exact) mass is 233 g/mol. The first-order valence-corrected chi connectivity index (χ1v) is 6.53. The topological polar surface area (TPSA) is 46.9 Å². The van der Waals surface area contributed by atoms with Gasteiger partial charge in [0.05, 0.1) is 0 Å². The average molecular weight is 233 g/mol. The van der Waals surface area contributed by atoms with Crippen LogP contribution in [0.1, 0.15) is 36.7 Å². The summed E-state index contributed by atoms with van der Waals surface area (Å²) in [7, 11) is 0. The lowest BCUT2D eigenvalue weighted by atomic mass is 9.90. The van der Waals surface area contributed by atoms with Gasteiger partial charge in [0.2, 0.25) is 0 Å². The first-order valence-electron chi connectivity index (χ1n) is 6.53.